The number of benzene rings is 1. The molecular formula is C23H33IN6O. The van der Waals surface area contributed by atoms with Crippen molar-refractivity contribution in [2.75, 3.05) is 51.2 Å². The molecule has 1 N–H and O–H groups in total. The maximum absolute atomic E-state index is 12.4. The van der Waals surface area contributed by atoms with Gasteiger partial charge in [0, 0.05) is 64.6 Å². The van der Waals surface area contributed by atoms with E-state index in [1.165, 1.54) is 0 Å². The van der Waals surface area contributed by atoms with Crippen LogP contribution < -0.4 is 10.2 Å². The average Bonchev–Trinajstić information content (AvgIpc) is 2.81. The van der Waals surface area contributed by atoms with Gasteiger partial charge in [0.25, 0.3) is 5.91 Å². The minimum atomic E-state index is 0. The molecule has 1 aliphatic heterocycles. The molecule has 168 valence electrons. The van der Waals surface area contributed by atoms with Crippen LogP contribution in [-0.4, -0.2) is 73.0 Å². The third kappa shape index (κ3) is 6.56. The van der Waals surface area contributed by atoms with Crippen LogP contribution in [0.5, 0.6) is 0 Å². The van der Waals surface area contributed by atoms with E-state index in [0.29, 0.717) is 6.54 Å². The number of hydrogen-bond acceptors (Lipinski definition) is 4. The Bertz CT molecular complexity index is 831. The first-order valence-corrected chi connectivity index (χ1v) is 10.7. The second-order valence-electron chi connectivity index (χ2n) is 7.24. The minimum Gasteiger partial charge on any atom is -0.353 e. The lowest BCUT2D eigenvalue weighted by Gasteiger charge is -2.37. The molecule has 31 heavy (non-hydrogen) atoms. The summed E-state index contributed by atoms with van der Waals surface area (Å²) in [7, 11) is 1.82. The summed E-state index contributed by atoms with van der Waals surface area (Å²) >= 11 is 0. The van der Waals surface area contributed by atoms with Gasteiger partial charge in [-0.2, -0.15) is 0 Å². The lowest BCUT2D eigenvalue weighted by Crippen LogP contribution is -2.52. The number of aromatic nitrogens is 1. The van der Waals surface area contributed by atoms with Crippen molar-refractivity contribution in [3.63, 3.8) is 0 Å². The molecule has 0 radical (unpaired) electrons. The van der Waals surface area contributed by atoms with Crippen molar-refractivity contribution >= 4 is 41.7 Å². The number of amides is 1. The highest BCUT2D eigenvalue weighted by molar-refractivity contribution is 14.0. The Kier molecular flexibility index (Phi) is 10.0. The van der Waals surface area contributed by atoms with Gasteiger partial charge in [0.1, 0.15) is 5.82 Å². The fourth-order valence-electron chi connectivity index (χ4n) is 3.66. The van der Waals surface area contributed by atoms with E-state index in [2.05, 4.69) is 31.2 Å². The second-order valence-corrected chi connectivity index (χ2v) is 7.24. The second kappa shape index (κ2) is 12.5. The first-order valence-electron chi connectivity index (χ1n) is 10.7. The summed E-state index contributed by atoms with van der Waals surface area (Å²) in [5.41, 5.74) is 1.86. The van der Waals surface area contributed by atoms with E-state index >= 15 is 0 Å². The Morgan fingerprint density at radius 2 is 1.74 bits per heavy atom. The van der Waals surface area contributed by atoms with E-state index in [9.17, 15) is 4.79 Å². The van der Waals surface area contributed by atoms with Gasteiger partial charge in [-0.05, 0) is 43.7 Å². The number of nitrogens with zero attached hydrogens (tertiary/aromatic N) is 5. The van der Waals surface area contributed by atoms with Crippen molar-refractivity contribution in [1.82, 2.24) is 20.1 Å². The first kappa shape index (κ1) is 24.9. The van der Waals surface area contributed by atoms with Gasteiger partial charge in [-0.15, -0.1) is 24.0 Å². The number of pyridine rings is 1. The summed E-state index contributed by atoms with van der Waals surface area (Å²) in [6.45, 7) is 9.75. The van der Waals surface area contributed by atoms with Crippen LogP contribution in [0.25, 0.3) is 0 Å². The van der Waals surface area contributed by atoms with Crippen LogP contribution in [0.2, 0.25) is 0 Å². The fourth-order valence-corrected chi connectivity index (χ4v) is 3.66. The Labute approximate surface area is 202 Å². The van der Waals surface area contributed by atoms with E-state index in [0.717, 1.165) is 62.2 Å². The SMILES string of the molecule is CCN(CC)C(=O)c1ccc(CNC(=NC)N2CCN(c3ccccn3)CC2)cc1.I. The van der Waals surface area contributed by atoms with E-state index in [1.54, 1.807) is 0 Å². The topological polar surface area (TPSA) is 64.1 Å². The van der Waals surface area contributed by atoms with Gasteiger partial charge >= 0.3 is 0 Å². The fraction of sp³-hybridized carbons (Fsp3) is 0.435. The third-order valence-electron chi connectivity index (χ3n) is 5.47. The van der Waals surface area contributed by atoms with Crippen molar-refractivity contribution in [2.45, 2.75) is 20.4 Å². The van der Waals surface area contributed by atoms with Crippen molar-refractivity contribution in [2.24, 2.45) is 4.99 Å². The van der Waals surface area contributed by atoms with Crippen molar-refractivity contribution in [1.29, 1.82) is 0 Å². The lowest BCUT2D eigenvalue weighted by molar-refractivity contribution is 0.0773. The summed E-state index contributed by atoms with van der Waals surface area (Å²) in [6, 6.07) is 13.9. The number of nitrogens with one attached hydrogen (secondary N) is 1. The zero-order valence-corrected chi connectivity index (χ0v) is 21.0. The van der Waals surface area contributed by atoms with Crippen LogP contribution in [0.15, 0.2) is 53.7 Å². The summed E-state index contributed by atoms with van der Waals surface area (Å²) in [5.74, 6) is 2.01. The zero-order chi connectivity index (χ0) is 21.3. The van der Waals surface area contributed by atoms with Gasteiger partial charge in [0.2, 0.25) is 0 Å². The van der Waals surface area contributed by atoms with Gasteiger partial charge in [-0.1, -0.05) is 18.2 Å². The number of rotatable bonds is 6. The van der Waals surface area contributed by atoms with Gasteiger partial charge in [0.15, 0.2) is 5.96 Å². The zero-order valence-electron chi connectivity index (χ0n) is 18.6. The minimum absolute atomic E-state index is 0. The predicted octanol–water partition coefficient (Wildman–Crippen LogP) is 3.08. The van der Waals surface area contributed by atoms with E-state index in [4.69, 9.17) is 0 Å². The van der Waals surface area contributed by atoms with E-state index < -0.39 is 0 Å². The molecule has 7 nitrogen and oxygen atoms in total. The molecule has 0 spiro atoms. The predicted molar refractivity (Wildman–Crippen MR) is 137 cm³/mol. The number of carbonyl (C=O) groups is 1. The highest BCUT2D eigenvalue weighted by Crippen LogP contribution is 2.13. The quantitative estimate of drug-likeness (QED) is 0.350. The normalized spacial score (nSPS) is 14.1. The highest BCUT2D eigenvalue weighted by atomic mass is 127. The number of guanidine groups is 1. The van der Waals surface area contributed by atoms with Gasteiger partial charge in [-0.3, -0.25) is 9.79 Å². The van der Waals surface area contributed by atoms with Crippen LogP contribution >= 0.6 is 24.0 Å². The number of anilines is 1. The largest absolute Gasteiger partial charge is 0.353 e. The number of carbonyl (C=O) groups excluding carboxylic acids is 1. The van der Waals surface area contributed by atoms with E-state index in [1.807, 2.05) is 68.4 Å². The Hall–Kier alpha value is -2.36. The standard InChI is InChI=1S/C23H32N6O.HI/c1-4-27(5-2)22(30)20-11-9-19(10-12-20)18-26-23(24-3)29-16-14-28(15-17-29)21-8-6-7-13-25-21;/h6-13H,4-5,14-18H2,1-3H3,(H,24,26);1H. The third-order valence-corrected chi connectivity index (χ3v) is 5.47. The molecule has 0 saturated carbocycles. The maximum Gasteiger partial charge on any atom is 0.253 e. The summed E-state index contributed by atoms with van der Waals surface area (Å²) in [4.78, 5) is 27.7. The van der Waals surface area contributed by atoms with Crippen molar-refractivity contribution in [3.05, 3.63) is 59.8 Å². The summed E-state index contributed by atoms with van der Waals surface area (Å²) < 4.78 is 0. The van der Waals surface area contributed by atoms with Crippen LogP contribution in [-0.2, 0) is 6.54 Å². The number of aliphatic imine (C=N–C) groups is 1. The van der Waals surface area contributed by atoms with Crippen LogP contribution in [0.4, 0.5) is 5.82 Å². The Morgan fingerprint density at radius 3 is 2.29 bits per heavy atom. The molecular weight excluding hydrogens is 503 g/mol. The molecule has 2 aromatic rings. The van der Waals surface area contributed by atoms with Gasteiger partial charge in [-0.25, -0.2) is 4.98 Å². The molecule has 0 aliphatic carbocycles. The molecule has 1 aromatic heterocycles. The van der Waals surface area contributed by atoms with Gasteiger partial charge in [0.05, 0.1) is 0 Å². The summed E-state index contributed by atoms with van der Waals surface area (Å²) in [5, 5.41) is 3.45. The molecule has 1 fully saturated rings. The Balaban J connectivity index is 0.00000341. The molecule has 2 heterocycles. The van der Waals surface area contributed by atoms with Crippen molar-refractivity contribution < 1.29 is 4.79 Å². The molecule has 1 aliphatic rings. The van der Waals surface area contributed by atoms with E-state index in [-0.39, 0.29) is 29.9 Å². The van der Waals surface area contributed by atoms with Crippen molar-refractivity contribution in [3.8, 4) is 0 Å². The average molecular weight is 536 g/mol. The lowest BCUT2D eigenvalue weighted by atomic mass is 10.1. The highest BCUT2D eigenvalue weighted by Gasteiger charge is 2.20. The van der Waals surface area contributed by atoms with Gasteiger partial charge < -0.3 is 20.0 Å². The maximum atomic E-state index is 12.4. The molecule has 0 unspecified atom stereocenters. The number of halogens is 1. The monoisotopic (exact) mass is 536 g/mol. The first-order chi connectivity index (χ1) is 14.7. The van der Waals surface area contributed by atoms with Crippen LogP contribution in [0.1, 0.15) is 29.8 Å². The molecule has 0 bridgehead atoms. The van der Waals surface area contributed by atoms with Crippen LogP contribution in [0, 0.1) is 0 Å². The molecule has 0 atom stereocenters. The molecule has 1 amide bonds. The van der Waals surface area contributed by atoms with Crippen LogP contribution in [0.3, 0.4) is 0 Å². The Morgan fingerprint density at radius 1 is 1.06 bits per heavy atom. The molecule has 3 rings (SSSR count). The number of piperazine rings is 1. The molecule has 1 saturated heterocycles. The smallest absolute Gasteiger partial charge is 0.253 e. The summed E-state index contributed by atoms with van der Waals surface area (Å²) in [6.07, 6.45) is 1.84. The number of hydrogen-bond donors (Lipinski definition) is 1. The molecule has 8 heteroatoms. The molecule has 1 aromatic carbocycles.